The molecule has 3 heteroatoms. The summed E-state index contributed by atoms with van der Waals surface area (Å²) in [5.74, 6) is 1.31. The Morgan fingerprint density at radius 1 is 1.40 bits per heavy atom. The molecular formula is C12H14O2S. The zero-order chi connectivity index (χ0) is 10.7. The van der Waals surface area contributed by atoms with Crippen LogP contribution in [0.3, 0.4) is 0 Å². The first kappa shape index (κ1) is 10.6. The van der Waals surface area contributed by atoms with Crippen LogP contribution >= 0.6 is 11.8 Å². The van der Waals surface area contributed by atoms with Crippen molar-refractivity contribution in [1.29, 1.82) is 0 Å². The molecule has 1 atom stereocenters. The molecule has 1 N–H and O–H groups in total. The molecule has 2 nitrogen and oxygen atoms in total. The smallest absolute Gasteiger partial charge is 0.304 e. The first-order valence-corrected chi connectivity index (χ1v) is 6.23. The number of benzene rings is 1. The van der Waals surface area contributed by atoms with Crippen LogP contribution in [0.4, 0.5) is 0 Å². The van der Waals surface area contributed by atoms with Gasteiger partial charge in [-0.15, -0.1) is 0 Å². The molecule has 1 aromatic carbocycles. The molecule has 1 fully saturated rings. The van der Waals surface area contributed by atoms with Crippen LogP contribution in [0.1, 0.15) is 18.4 Å². The topological polar surface area (TPSA) is 37.3 Å². The summed E-state index contributed by atoms with van der Waals surface area (Å²) in [6.07, 6.45) is 1.23. The maximum absolute atomic E-state index is 10.9. The number of thioether (sulfide) groups is 1. The number of hydrogen-bond donors (Lipinski definition) is 1. The van der Waals surface area contributed by atoms with Gasteiger partial charge in [0.1, 0.15) is 0 Å². The van der Waals surface area contributed by atoms with Gasteiger partial charge in [-0.1, -0.05) is 30.3 Å². The van der Waals surface area contributed by atoms with Crippen molar-refractivity contribution in [3.8, 4) is 0 Å². The van der Waals surface area contributed by atoms with Crippen molar-refractivity contribution in [3.63, 3.8) is 0 Å². The van der Waals surface area contributed by atoms with E-state index in [2.05, 4.69) is 12.1 Å². The highest BCUT2D eigenvalue weighted by Gasteiger charge is 2.37. The Morgan fingerprint density at radius 3 is 2.67 bits per heavy atom. The molecule has 1 aromatic rings. The summed E-state index contributed by atoms with van der Waals surface area (Å²) >= 11 is 1.85. The van der Waals surface area contributed by atoms with Crippen LogP contribution in [-0.2, 0) is 10.2 Å². The second kappa shape index (κ2) is 4.27. The third-order valence-electron chi connectivity index (χ3n) is 2.98. The van der Waals surface area contributed by atoms with E-state index in [-0.39, 0.29) is 11.8 Å². The number of carboxylic acid groups (broad SMARTS) is 1. The summed E-state index contributed by atoms with van der Waals surface area (Å²) in [5, 5.41) is 8.99. The van der Waals surface area contributed by atoms with Crippen molar-refractivity contribution >= 4 is 17.7 Å². The molecule has 0 aliphatic carbocycles. The van der Waals surface area contributed by atoms with E-state index in [4.69, 9.17) is 5.11 Å². The minimum atomic E-state index is -0.693. The van der Waals surface area contributed by atoms with Crippen LogP contribution in [-0.4, -0.2) is 22.6 Å². The highest BCUT2D eigenvalue weighted by Crippen LogP contribution is 2.41. The summed E-state index contributed by atoms with van der Waals surface area (Å²) in [4.78, 5) is 10.9. The Hall–Kier alpha value is -0.960. The Labute approximate surface area is 93.7 Å². The largest absolute Gasteiger partial charge is 0.481 e. The van der Waals surface area contributed by atoms with Crippen LogP contribution in [0, 0.1) is 0 Å². The molecule has 0 amide bonds. The van der Waals surface area contributed by atoms with E-state index in [1.165, 1.54) is 5.56 Å². The van der Waals surface area contributed by atoms with Crippen LogP contribution in [0.25, 0.3) is 0 Å². The van der Waals surface area contributed by atoms with Gasteiger partial charge in [0.05, 0.1) is 6.42 Å². The van der Waals surface area contributed by atoms with Crippen LogP contribution in [0.5, 0.6) is 0 Å². The van der Waals surface area contributed by atoms with Crippen LogP contribution in [0.2, 0.25) is 0 Å². The maximum atomic E-state index is 10.9. The molecule has 1 unspecified atom stereocenters. The Balaban J connectivity index is 2.30. The zero-order valence-electron chi connectivity index (χ0n) is 8.48. The fourth-order valence-electron chi connectivity index (χ4n) is 2.16. The summed E-state index contributed by atoms with van der Waals surface area (Å²) < 4.78 is 0. The number of carbonyl (C=O) groups is 1. The molecule has 1 aliphatic rings. The molecule has 0 radical (unpaired) electrons. The quantitative estimate of drug-likeness (QED) is 0.854. The molecule has 1 saturated heterocycles. The summed E-state index contributed by atoms with van der Waals surface area (Å²) in [6.45, 7) is 0. The normalized spacial score (nSPS) is 25.3. The van der Waals surface area contributed by atoms with E-state index in [0.29, 0.717) is 0 Å². The second-order valence-electron chi connectivity index (χ2n) is 4.02. The molecule has 1 aliphatic heterocycles. The first-order chi connectivity index (χ1) is 7.23. The monoisotopic (exact) mass is 222 g/mol. The average molecular weight is 222 g/mol. The van der Waals surface area contributed by atoms with Gasteiger partial charge in [-0.2, -0.15) is 11.8 Å². The van der Waals surface area contributed by atoms with Crippen molar-refractivity contribution in [1.82, 2.24) is 0 Å². The fraction of sp³-hybridized carbons (Fsp3) is 0.417. The third kappa shape index (κ3) is 2.17. The van der Waals surface area contributed by atoms with Gasteiger partial charge in [0.2, 0.25) is 0 Å². The highest BCUT2D eigenvalue weighted by atomic mass is 32.2. The number of hydrogen-bond acceptors (Lipinski definition) is 2. The average Bonchev–Trinajstić information content (AvgIpc) is 2.68. The first-order valence-electron chi connectivity index (χ1n) is 5.08. The second-order valence-corrected chi connectivity index (χ2v) is 5.12. The Morgan fingerprint density at radius 2 is 2.13 bits per heavy atom. The van der Waals surface area contributed by atoms with Crippen LogP contribution in [0.15, 0.2) is 30.3 Å². The van der Waals surface area contributed by atoms with Crippen molar-refractivity contribution in [3.05, 3.63) is 35.9 Å². The summed E-state index contributed by atoms with van der Waals surface area (Å²) in [6, 6.07) is 10.0. The lowest BCUT2D eigenvalue weighted by molar-refractivity contribution is -0.138. The lowest BCUT2D eigenvalue weighted by Gasteiger charge is -2.26. The van der Waals surface area contributed by atoms with Crippen LogP contribution < -0.4 is 0 Å². The lowest BCUT2D eigenvalue weighted by Crippen LogP contribution is -2.29. The number of aliphatic carboxylic acids is 1. The maximum Gasteiger partial charge on any atom is 0.304 e. The SMILES string of the molecule is O=C(O)CC1(c2ccccc2)CCSC1. The van der Waals surface area contributed by atoms with E-state index < -0.39 is 5.97 Å². The minimum Gasteiger partial charge on any atom is -0.481 e. The number of carboxylic acids is 1. The summed E-state index contributed by atoms with van der Waals surface area (Å²) in [7, 11) is 0. The Kier molecular flexibility index (Phi) is 3.00. The molecular weight excluding hydrogens is 208 g/mol. The van der Waals surface area contributed by atoms with E-state index in [1.807, 2.05) is 30.0 Å². The van der Waals surface area contributed by atoms with Gasteiger partial charge in [-0.25, -0.2) is 0 Å². The minimum absolute atomic E-state index is 0.127. The molecule has 80 valence electrons. The van der Waals surface area contributed by atoms with Crippen molar-refractivity contribution in [2.75, 3.05) is 11.5 Å². The fourth-order valence-corrected chi connectivity index (χ4v) is 3.64. The van der Waals surface area contributed by atoms with Crippen molar-refractivity contribution in [2.45, 2.75) is 18.3 Å². The van der Waals surface area contributed by atoms with E-state index in [0.717, 1.165) is 17.9 Å². The van der Waals surface area contributed by atoms with E-state index >= 15 is 0 Å². The van der Waals surface area contributed by atoms with Gasteiger partial charge in [0, 0.05) is 11.2 Å². The standard InChI is InChI=1S/C12H14O2S/c13-11(14)8-12(6-7-15-9-12)10-4-2-1-3-5-10/h1-5H,6-9H2,(H,13,14). The van der Waals surface area contributed by atoms with E-state index in [9.17, 15) is 4.79 Å². The van der Waals surface area contributed by atoms with Gasteiger partial charge >= 0.3 is 5.97 Å². The van der Waals surface area contributed by atoms with E-state index in [1.54, 1.807) is 0 Å². The molecule has 1 heterocycles. The van der Waals surface area contributed by atoms with Crippen molar-refractivity contribution in [2.24, 2.45) is 0 Å². The van der Waals surface area contributed by atoms with Gasteiger partial charge in [0.25, 0.3) is 0 Å². The molecule has 2 rings (SSSR count). The van der Waals surface area contributed by atoms with Gasteiger partial charge in [0.15, 0.2) is 0 Å². The highest BCUT2D eigenvalue weighted by molar-refractivity contribution is 7.99. The molecule has 0 spiro atoms. The van der Waals surface area contributed by atoms with Crippen molar-refractivity contribution < 1.29 is 9.90 Å². The molecule has 0 saturated carbocycles. The molecule has 0 aromatic heterocycles. The lowest BCUT2D eigenvalue weighted by atomic mass is 9.77. The third-order valence-corrected chi connectivity index (χ3v) is 4.23. The van der Waals surface area contributed by atoms with Gasteiger partial charge < -0.3 is 5.11 Å². The molecule has 0 bridgehead atoms. The predicted octanol–water partition coefficient (Wildman–Crippen LogP) is 2.54. The molecule has 15 heavy (non-hydrogen) atoms. The predicted molar refractivity (Wildman–Crippen MR) is 62.3 cm³/mol. The number of rotatable bonds is 3. The van der Waals surface area contributed by atoms with Gasteiger partial charge in [-0.3, -0.25) is 4.79 Å². The summed E-state index contributed by atoms with van der Waals surface area (Å²) in [5.41, 5.74) is 1.05. The Bertz CT molecular complexity index is 342. The van der Waals surface area contributed by atoms with Gasteiger partial charge in [-0.05, 0) is 17.7 Å². The zero-order valence-corrected chi connectivity index (χ0v) is 9.30.